The van der Waals surface area contributed by atoms with Gasteiger partial charge in [0, 0.05) is 25.7 Å². The summed E-state index contributed by atoms with van der Waals surface area (Å²) in [5.74, 6) is 1.86. The minimum absolute atomic E-state index is 0.0935. The third-order valence-corrected chi connectivity index (χ3v) is 5.59. The molecule has 2 aliphatic rings. The first-order valence-electron chi connectivity index (χ1n) is 8.67. The summed E-state index contributed by atoms with van der Waals surface area (Å²) in [6.07, 6.45) is 4.16. The second-order valence-corrected chi connectivity index (χ2v) is 7.39. The molecular weight excluding hydrogens is 256 g/mol. The molecule has 1 aliphatic carbocycles. The van der Waals surface area contributed by atoms with Crippen molar-refractivity contribution in [1.82, 2.24) is 10.2 Å². The molecule has 3 unspecified atom stereocenters. The fourth-order valence-corrected chi connectivity index (χ4v) is 3.86. The topological polar surface area (TPSA) is 15.3 Å². The molecular formula is C19H30N2. The highest BCUT2D eigenvalue weighted by Crippen LogP contribution is 2.38. The van der Waals surface area contributed by atoms with Gasteiger partial charge in [0.2, 0.25) is 0 Å². The molecule has 0 aromatic heterocycles. The van der Waals surface area contributed by atoms with Crippen molar-refractivity contribution in [3.63, 3.8) is 0 Å². The van der Waals surface area contributed by atoms with Gasteiger partial charge in [-0.3, -0.25) is 4.90 Å². The van der Waals surface area contributed by atoms with Gasteiger partial charge in [0.1, 0.15) is 0 Å². The molecule has 0 amide bonds. The van der Waals surface area contributed by atoms with Gasteiger partial charge >= 0.3 is 0 Å². The summed E-state index contributed by atoms with van der Waals surface area (Å²) >= 11 is 0. The van der Waals surface area contributed by atoms with E-state index in [9.17, 15) is 0 Å². The van der Waals surface area contributed by atoms with Crippen LogP contribution in [0.1, 0.15) is 45.6 Å². The average molecular weight is 286 g/mol. The maximum absolute atomic E-state index is 3.82. The molecule has 1 aromatic carbocycles. The number of benzene rings is 1. The molecule has 1 aliphatic heterocycles. The monoisotopic (exact) mass is 286 g/mol. The second kappa shape index (κ2) is 6.10. The third-order valence-electron chi connectivity index (χ3n) is 5.59. The molecule has 3 atom stereocenters. The van der Waals surface area contributed by atoms with E-state index in [1.165, 1.54) is 31.4 Å². The molecule has 2 nitrogen and oxygen atoms in total. The lowest BCUT2D eigenvalue weighted by atomic mass is 9.87. The van der Waals surface area contributed by atoms with E-state index >= 15 is 0 Å². The molecule has 0 bridgehead atoms. The van der Waals surface area contributed by atoms with Crippen LogP contribution in [0.15, 0.2) is 30.3 Å². The maximum atomic E-state index is 3.82. The zero-order chi connectivity index (χ0) is 14.9. The van der Waals surface area contributed by atoms with E-state index in [4.69, 9.17) is 0 Å². The fourth-order valence-electron chi connectivity index (χ4n) is 3.86. The zero-order valence-electron chi connectivity index (χ0n) is 13.8. The first kappa shape index (κ1) is 15.1. The Balaban J connectivity index is 1.73. The molecule has 21 heavy (non-hydrogen) atoms. The van der Waals surface area contributed by atoms with Crippen molar-refractivity contribution in [3.05, 3.63) is 35.9 Å². The predicted molar refractivity (Wildman–Crippen MR) is 89.3 cm³/mol. The lowest BCUT2D eigenvalue weighted by Gasteiger charge is -2.47. The molecule has 1 saturated carbocycles. The zero-order valence-corrected chi connectivity index (χ0v) is 13.8. The average Bonchev–Trinajstić information content (AvgIpc) is 3.33. The fraction of sp³-hybridized carbons (Fsp3) is 0.684. The van der Waals surface area contributed by atoms with Crippen molar-refractivity contribution in [2.45, 2.75) is 51.6 Å². The summed E-state index contributed by atoms with van der Waals surface area (Å²) in [6.45, 7) is 10.7. The SMILES string of the molecule is CCC1CNC(C)(c2ccccc2)CN1CC(C)C1CC1. The van der Waals surface area contributed by atoms with E-state index in [0.717, 1.165) is 24.9 Å². The molecule has 2 fully saturated rings. The minimum Gasteiger partial charge on any atom is -0.305 e. The molecule has 0 spiro atoms. The number of hydrogen-bond donors (Lipinski definition) is 1. The van der Waals surface area contributed by atoms with E-state index in [1.54, 1.807) is 0 Å². The summed E-state index contributed by atoms with van der Waals surface area (Å²) in [5.41, 5.74) is 1.51. The van der Waals surface area contributed by atoms with Crippen molar-refractivity contribution in [1.29, 1.82) is 0 Å². The summed E-state index contributed by atoms with van der Waals surface area (Å²) in [6, 6.07) is 11.7. The van der Waals surface area contributed by atoms with Crippen LogP contribution in [0.25, 0.3) is 0 Å². The van der Waals surface area contributed by atoms with Crippen LogP contribution >= 0.6 is 0 Å². The Morgan fingerprint density at radius 1 is 1.29 bits per heavy atom. The van der Waals surface area contributed by atoms with Gasteiger partial charge in [0.15, 0.2) is 0 Å². The highest BCUT2D eigenvalue weighted by atomic mass is 15.3. The van der Waals surface area contributed by atoms with Crippen LogP contribution in [-0.4, -0.2) is 30.6 Å². The van der Waals surface area contributed by atoms with Gasteiger partial charge in [0.25, 0.3) is 0 Å². The molecule has 2 heteroatoms. The number of nitrogens with one attached hydrogen (secondary N) is 1. The quantitative estimate of drug-likeness (QED) is 0.889. The van der Waals surface area contributed by atoms with E-state index in [0.29, 0.717) is 6.04 Å². The van der Waals surface area contributed by atoms with E-state index in [-0.39, 0.29) is 5.54 Å². The maximum Gasteiger partial charge on any atom is 0.0535 e. The van der Waals surface area contributed by atoms with Gasteiger partial charge in [-0.2, -0.15) is 0 Å². The molecule has 1 aromatic rings. The molecule has 3 rings (SSSR count). The first-order valence-corrected chi connectivity index (χ1v) is 8.67. The molecule has 116 valence electrons. The highest BCUT2D eigenvalue weighted by Gasteiger charge is 2.38. The van der Waals surface area contributed by atoms with E-state index in [1.807, 2.05) is 0 Å². The Kier molecular flexibility index (Phi) is 4.37. The van der Waals surface area contributed by atoms with Crippen LogP contribution in [0.3, 0.4) is 0 Å². The van der Waals surface area contributed by atoms with E-state index in [2.05, 4.69) is 61.3 Å². The van der Waals surface area contributed by atoms with E-state index < -0.39 is 0 Å². The Bertz CT molecular complexity index is 454. The lowest BCUT2D eigenvalue weighted by Crippen LogP contribution is -2.61. The number of nitrogens with zero attached hydrogens (tertiary/aromatic N) is 1. The van der Waals surface area contributed by atoms with Gasteiger partial charge in [-0.25, -0.2) is 0 Å². The van der Waals surface area contributed by atoms with Gasteiger partial charge in [-0.05, 0) is 43.6 Å². The Labute approximate surface area is 129 Å². The Morgan fingerprint density at radius 3 is 2.62 bits per heavy atom. The normalized spacial score (nSPS) is 32.0. The van der Waals surface area contributed by atoms with Crippen LogP contribution in [0.4, 0.5) is 0 Å². The molecule has 1 N–H and O–H groups in total. The predicted octanol–water partition coefficient (Wildman–Crippen LogP) is 3.63. The summed E-state index contributed by atoms with van der Waals surface area (Å²) in [4.78, 5) is 2.76. The standard InChI is InChI=1S/C19H30N2/c1-4-18-12-20-19(3,17-8-6-5-7-9-17)14-21(18)13-15(2)16-10-11-16/h5-9,15-16,18,20H,4,10-14H2,1-3H3. The number of hydrogen-bond acceptors (Lipinski definition) is 2. The van der Waals surface area contributed by atoms with Crippen molar-refractivity contribution >= 4 is 0 Å². The van der Waals surface area contributed by atoms with Crippen LogP contribution in [-0.2, 0) is 5.54 Å². The first-order chi connectivity index (χ1) is 10.1. The van der Waals surface area contributed by atoms with Gasteiger partial charge < -0.3 is 5.32 Å². The van der Waals surface area contributed by atoms with Crippen molar-refractivity contribution < 1.29 is 0 Å². The highest BCUT2D eigenvalue weighted by molar-refractivity contribution is 5.25. The van der Waals surface area contributed by atoms with Gasteiger partial charge in [-0.1, -0.05) is 44.2 Å². The van der Waals surface area contributed by atoms with Gasteiger partial charge in [-0.15, -0.1) is 0 Å². The Hall–Kier alpha value is -0.860. The Morgan fingerprint density at radius 2 is 2.00 bits per heavy atom. The number of piperazine rings is 1. The van der Waals surface area contributed by atoms with Crippen LogP contribution in [0.5, 0.6) is 0 Å². The van der Waals surface area contributed by atoms with Crippen LogP contribution in [0.2, 0.25) is 0 Å². The van der Waals surface area contributed by atoms with Gasteiger partial charge in [0.05, 0.1) is 5.54 Å². The second-order valence-electron chi connectivity index (χ2n) is 7.39. The van der Waals surface area contributed by atoms with Crippen molar-refractivity contribution in [2.75, 3.05) is 19.6 Å². The van der Waals surface area contributed by atoms with Crippen LogP contribution < -0.4 is 5.32 Å². The van der Waals surface area contributed by atoms with Crippen LogP contribution in [0, 0.1) is 11.8 Å². The lowest BCUT2D eigenvalue weighted by molar-refractivity contribution is 0.0674. The molecule has 1 heterocycles. The smallest absolute Gasteiger partial charge is 0.0535 e. The third kappa shape index (κ3) is 3.32. The molecule has 0 radical (unpaired) electrons. The summed E-state index contributed by atoms with van der Waals surface area (Å²) in [5, 5.41) is 3.82. The van der Waals surface area contributed by atoms with Crippen molar-refractivity contribution in [3.8, 4) is 0 Å². The molecule has 1 saturated heterocycles. The largest absolute Gasteiger partial charge is 0.305 e. The summed E-state index contributed by atoms with van der Waals surface area (Å²) < 4.78 is 0. The number of rotatable bonds is 5. The van der Waals surface area contributed by atoms with Crippen molar-refractivity contribution in [2.24, 2.45) is 11.8 Å². The summed E-state index contributed by atoms with van der Waals surface area (Å²) in [7, 11) is 0. The minimum atomic E-state index is 0.0935.